The lowest BCUT2D eigenvalue weighted by atomic mass is 10.1. The van der Waals surface area contributed by atoms with E-state index in [1.165, 1.54) is 0 Å². The van der Waals surface area contributed by atoms with Crippen LogP contribution < -0.4 is 5.43 Å². The molecular formula is C18H17N3OS. The summed E-state index contributed by atoms with van der Waals surface area (Å²) in [5.74, 6) is -0.214. The van der Waals surface area contributed by atoms with Crippen LogP contribution in [0.1, 0.15) is 30.1 Å². The Morgan fingerprint density at radius 3 is 2.96 bits per heavy atom. The number of para-hydroxylation sites is 1. The average Bonchev–Trinajstić information content (AvgIpc) is 3.12. The number of hydrogen-bond donors (Lipinski definition) is 1. The summed E-state index contributed by atoms with van der Waals surface area (Å²) in [6, 6.07) is 13.5. The molecule has 0 unspecified atom stereocenters. The predicted molar refractivity (Wildman–Crippen MR) is 95.9 cm³/mol. The number of carbonyl (C=O) groups excluding carboxylic acids is 1. The number of pyridine rings is 1. The number of hydrogen-bond acceptors (Lipinski definition) is 4. The molecule has 1 N–H and O–H groups in total. The number of thiophene rings is 1. The average molecular weight is 323 g/mol. The third-order valence-corrected chi connectivity index (χ3v) is 4.30. The summed E-state index contributed by atoms with van der Waals surface area (Å²) in [6.07, 6.45) is 3.57. The summed E-state index contributed by atoms with van der Waals surface area (Å²) in [7, 11) is 0. The molecule has 0 radical (unpaired) electrons. The molecule has 3 rings (SSSR count). The van der Waals surface area contributed by atoms with Gasteiger partial charge in [0.15, 0.2) is 0 Å². The fraction of sp³-hybridized carbons (Fsp3) is 0.167. The summed E-state index contributed by atoms with van der Waals surface area (Å²) in [6.45, 7) is 2.07. The van der Waals surface area contributed by atoms with Crippen molar-refractivity contribution in [1.29, 1.82) is 0 Å². The zero-order valence-electron chi connectivity index (χ0n) is 12.8. The van der Waals surface area contributed by atoms with Gasteiger partial charge in [0, 0.05) is 11.6 Å². The number of hydrazone groups is 1. The van der Waals surface area contributed by atoms with E-state index in [-0.39, 0.29) is 5.91 Å². The first-order valence-corrected chi connectivity index (χ1v) is 8.43. The monoisotopic (exact) mass is 323 g/mol. The van der Waals surface area contributed by atoms with Gasteiger partial charge in [-0.25, -0.2) is 10.4 Å². The van der Waals surface area contributed by atoms with Crippen LogP contribution in [-0.4, -0.2) is 17.1 Å². The zero-order valence-corrected chi connectivity index (χ0v) is 13.6. The van der Waals surface area contributed by atoms with Crippen molar-refractivity contribution >= 4 is 34.4 Å². The topological polar surface area (TPSA) is 54.4 Å². The Hall–Kier alpha value is -2.53. The minimum absolute atomic E-state index is 0.214. The van der Waals surface area contributed by atoms with Gasteiger partial charge in [0.05, 0.1) is 21.7 Å². The first kappa shape index (κ1) is 15.4. The molecule has 2 aromatic heterocycles. The molecule has 0 fully saturated rings. The summed E-state index contributed by atoms with van der Waals surface area (Å²) in [5, 5.41) is 6.82. The van der Waals surface area contributed by atoms with E-state index in [0.29, 0.717) is 5.56 Å². The maximum absolute atomic E-state index is 12.5. The van der Waals surface area contributed by atoms with Gasteiger partial charge in [0.2, 0.25) is 0 Å². The Kier molecular flexibility index (Phi) is 4.78. The van der Waals surface area contributed by atoms with Crippen LogP contribution in [0.5, 0.6) is 0 Å². The number of unbranched alkanes of at least 4 members (excludes halogenated alkanes) is 1. The van der Waals surface area contributed by atoms with Crippen molar-refractivity contribution < 1.29 is 4.79 Å². The van der Waals surface area contributed by atoms with Gasteiger partial charge in [-0.15, -0.1) is 11.3 Å². The lowest BCUT2D eigenvalue weighted by Gasteiger charge is -2.07. The standard InChI is InChI=1S/C18H17N3OS/c1-2-3-10-19-21-18(22)14-12-16(17-9-6-11-23-17)20-15-8-5-4-7-13(14)15/h4-12H,2-3H2,1H3,(H,21,22). The maximum Gasteiger partial charge on any atom is 0.272 e. The molecule has 0 bridgehead atoms. The number of rotatable bonds is 5. The quantitative estimate of drug-likeness (QED) is 0.556. The molecule has 0 aliphatic carbocycles. The Bertz CT molecular complexity index is 841. The van der Waals surface area contributed by atoms with Crippen molar-refractivity contribution in [3.8, 4) is 10.6 Å². The van der Waals surface area contributed by atoms with E-state index in [4.69, 9.17) is 0 Å². The Labute approximate surface area is 138 Å². The summed E-state index contributed by atoms with van der Waals surface area (Å²) in [5.41, 5.74) is 4.81. The molecule has 2 heterocycles. The molecule has 4 nitrogen and oxygen atoms in total. The smallest absolute Gasteiger partial charge is 0.267 e. The molecule has 0 saturated carbocycles. The van der Waals surface area contributed by atoms with Crippen LogP contribution in [-0.2, 0) is 0 Å². The molecule has 0 aliphatic rings. The number of fused-ring (bicyclic) bond motifs is 1. The van der Waals surface area contributed by atoms with Crippen molar-refractivity contribution in [1.82, 2.24) is 10.4 Å². The van der Waals surface area contributed by atoms with Crippen molar-refractivity contribution in [2.75, 3.05) is 0 Å². The van der Waals surface area contributed by atoms with E-state index >= 15 is 0 Å². The van der Waals surface area contributed by atoms with Gasteiger partial charge in [-0.05, 0) is 30.0 Å². The van der Waals surface area contributed by atoms with E-state index < -0.39 is 0 Å². The Morgan fingerprint density at radius 2 is 2.17 bits per heavy atom. The number of nitrogens with zero attached hydrogens (tertiary/aromatic N) is 2. The normalized spacial score (nSPS) is 11.2. The largest absolute Gasteiger partial charge is 0.272 e. The van der Waals surface area contributed by atoms with Crippen LogP contribution in [0, 0.1) is 0 Å². The van der Waals surface area contributed by atoms with Gasteiger partial charge in [-0.2, -0.15) is 5.10 Å². The van der Waals surface area contributed by atoms with E-state index in [0.717, 1.165) is 34.3 Å². The fourth-order valence-corrected chi connectivity index (χ4v) is 2.96. The van der Waals surface area contributed by atoms with Gasteiger partial charge in [0.25, 0.3) is 5.91 Å². The molecule has 0 spiro atoms. The SMILES string of the molecule is CCCC=NNC(=O)c1cc(-c2cccs2)nc2ccccc12. The van der Waals surface area contributed by atoms with E-state index in [1.54, 1.807) is 17.6 Å². The van der Waals surface area contributed by atoms with Crippen LogP contribution in [0.3, 0.4) is 0 Å². The van der Waals surface area contributed by atoms with E-state index in [9.17, 15) is 4.79 Å². The predicted octanol–water partition coefficient (Wildman–Crippen LogP) is 4.48. The number of amides is 1. The number of carbonyl (C=O) groups is 1. The number of aromatic nitrogens is 1. The highest BCUT2D eigenvalue weighted by molar-refractivity contribution is 7.13. The third-order valence-electron chi connectivity index (χ3n) is 3.41. The van der Waals surface area contributed by atoms with Gasteiger partial charge >= 0.3 is 0 Å². The van der Waals surface area contributed by atoms with Crippen molar-refractivity contribution in [2.24, 2.45) is 5.10 Å². The summed E-state index contributed by atoms with van der Waals surface area (Å²) >= 11 is 1.61. The second kappa shape index (κ2) is 7.15. The number of benzene rings is 1. The lowest BCUT2D eigenvalue weighted by Crippen LogP contribution is -2.18. The summed E-state index contributed by atoms with van der Waals surface area (Å²) in [4.78, 5) is 18.2. The summed E-state index contributed by atoms with van der Waals surface area (Å²) < 4.78 is 0. The molecule has 23 heavy (non-hydrogen) atoms. The van der Waals surface area contributed by atoms with Crippen LogP contribution in [0.25, 0.3) is 21.5 Å². The third kappa shape index (κ3) is 3.46. The second-order valence-electron chi connectivity index (χ2n) is 5.09. The molecule has 3 aromatic rings. The maximum atomic E-state index is 12.5. The Balaban J connectivity index is 2.02. The van der Waals surface area contributed by atoms with Crippen LogP contribution in [0.4, 0.5) is 0 Å². The first-order chi connectivity index (χ1) is 11.3. The second-order valence-corrected chi connectivity index (χ2v) is 6.04. The van der Waals surface area contributed by atoms with Crippen molar-refractivity contribution in [3.63, 3.8) is 0 Å². The van der Waals surface area contributed by atoms with Gasteiger partial charge in [-0.3, -0.25) is 4.79 Å². The van der Waals surface area contributed by atoms with Gasteiger partial charge in [0.1, 0.15) is 0 Å². The minimum atomic E-state index is -0.214. The first-order valence-electron chi connectivity index (χ1n) is 7.55. The molecule has 0 atom stereocenters. The van der Waals surface area contributed by atoms with E-state index in [1.807, 2.05) is 47.8 Å². The molecule has 1 aromatic carbocycles. The highest BCUT2D eigenvalue weighted by Crippen LogP contribution is 2.27. The molecule has 0 aliphatic heterocycles. The highest BCUT2D eigenvalue weighted by atomic mass is 32.1. The zero-order chi connectivity index (χ0) is 16.1. The fourth-order valence-electron chi connectivity index (χ4n) is 2.27. The van der Waals surface area contributed by atoms with Crippen LogP contribution in [0.2, 0.25) is 0 Å². The van der Waals surface area contributed by atoms with Gasteiger partial charge in [-0.1, -0.05) is 37.6 Å². The van der Waals surface area contributed by atoms with Crippen molar-refractivity contribution in [3.05, 3.63) is 53.4 Å². The number of nitrogens with one attached hydrogen (secondary N) is 1. The van der Waals surface area contributed by atoms with Gasteiger partial charge < -0.3 is 0 Å². The van der Waals surface area contributed by atoms with Crippen LogP contribution in [0.15, 0.2) is 52.9 Å². The van der Waals surface area contributed by atoms with E-state index in [2.05, 4.69) is 22.4 Å². The molecular weight excluding hydrogens is 306 g/mol. The Morgan fingerprint density at radius 1 is 1.30 bits per heavy atom. The minimum Gasteiger partial charge on any atom is -0.267 e. The molecule has 0 saturated heterocycles. The highest BCUT2D eigenvalue weighted by Gasteiger charge is 2.13. The lowest BCUT2D eigenvalue weighted by molar-refractivity contribution is 0.0956. The molecule has 5 heteroatoms. The van der Waals surface area contributed by atoms with Crippen molar-refractivity contribution in [2.45, 2.75) is 19.8 Å². The van der Waals surface area contributed by atoms with Crippen LogP contribution >= 0.6 is 11.3 Å². The molecule has 116 valence electrons. The molecule has 1 amide bonds.